The molecular formula is C19H23N3O3S. The lowest BCUT2D eigenvalue weighted by Crippen LogP contribution is -2.49. The first-order valence-electron chi connectivity index (χ1n) is 8.77. The molecule has 0 saturated carbocycles. The molecule has 1 aliphatic rings. The zero-order chi connectivity index (χ0) is 18.2. The number of urea groups is 1. The van der Waals surface area contributed by atoms with Gasteiger partial charge in [-0.25, -0.2) is 4.79 Å². The number of nitrogens with one attached hydrogen (secondary N) is 2. The Kier molecular flexibility index (Phi) is 6.60. The highest BCUT2D eigenvalue weighted by Crippen LogP contribution is 2.16. The lowest BCUT2D eigenvalue weighted by molar-refractivity contribution is 0.0676. The fourth-order valence-corrected chi connectivity index (χ4v) is 3.66. The van der Waals surface area contributed by atoms with E-state index in [1.807, 2.05) is 18.2 Å². The molecule has 7 heteroatoms. The van der Waals surface area contributed by atoms with Crippen LogP contribution in [0.4, 0.5) is 4.79 Å². The molecule has 0 radical (unpaired) electrons. The Morgan fingerprint density at radius 1 is 1.12 bits per heavy atom. The number of hydrogen-bond donors (Lipinski definition) is 2. The number of benzene rings is 1. The quantitative estimate of drug-likeness (QED) is 0.603. The van der Waals surface area contributed by atoms with Crippen LogP contribution in [0, 0.1) is 0 Å². The Bertz CT molecular complexity index is 698. The van der Waals surface area contributed by atoms with Crippen LogP contribution < -0.4 is 10.6 Å². The maximum Gasteiger partial charge on any atom is 0.315 e. The van der Waals surface area contributed by atoms with Crippen molar-refractivity contribution in [1.82, 2.24) is 15.5 Å². The molecule has 0 aliphatic carbocycles. The molecule has 0 atom stereocenters. The summed E-state index contributed by atoms with van der Waals surface area (Å²) in [5, 5.41) is 5.88. The Hall–Kier alpha value is -2.41. The summed E-state index contributed by atoms with van der Waals surface area (Å²) in [6, 6.07) is 13.5. The summed E-state index contributed by atoms with van der Waals surface area (Å²) in [6.07, 6.45) is 3.00. The number of carbonyl (C=O) groups is 2. The monoisotopic (exact) mass is 373 g/mol. The van der Waals surface area contributed by atoms with E-state index >= 15 is 0 Å². The van der Waals surface area contributed by atoms with Gasteiger partial charge in [0.05, 0.1) is 6.26 Å². The van der Waals surface area contributed by atoms with Crippen LogP contribution >= 0.6 is 11.8 Å². The van der Waals surface area contributed by atoms with E-state index in [1.165, 1.54) is 11.2 Å². The molecule has 3 amide bonds. The molecule has 1 fully saturated rings. The molecule has 1 aromatic carbocycles. The van der Waals surface area contributed by atoms with Gasteiger partial charge in [0.1, 0.15) is 0 Å². The Labute approximate surface area is 157 Å². The minimum Gasteiger partial charge on any atom is -0.459 e. The number of hydrogen-bond acceptors (Lipinski definition) is 4. The van der Waals surface area contributed by atoms with Crippen LogP contribution in [0.3, 0.4) is 0 Å². The van der Waals surface area contributed by atoms with Gasteiger partial charge < -0.3 is 20.0 Å². The molecule has 0 spiro atoms. The summed E-state index contributed by atoms with van der Waals surface area (Å²) in [6.45, 7) is 1.85. The number of piperidine rings is 1. The second kappa shape index (κ2) is 9.33. The van der Waals surface area contributed by atoms with Crippen LogP contribution in [0.2, 0.25) is 0 Å². The highest BCUT2D eigenvalue weighted by atomic mass is 32.2. The first kappa shape index (κ1) is 18.4. The molecule has 1 aromatic heterocycles. The second-order valence-corrected chi connectivity index (χ2v) is 7.27. The lowest BCUT2D eigenvalue weighted by Gasteiger charge is -2.31. The summed E-state index contributed by atoms with van der Waals surface area (Å²) in [7, 11) is 0. The van der Waals surface area contributed by atoms with Crippen molar-refractivity contribution in [2.75, 3.05) is 25.4 Å². The zero-order valence-corrected chi connectivity index (χ0v) is 15.3. The first-order chi connectivity index (χ1) is 12.7. The fraction of sp³-hybridized carbons (Fsp3) is 0.368. The summed E-state index contributed by atoms with van der Waals surface area (Å²) in [5.74, 6) is 1.11. The van der Waals surface area contributed by atoms with Crippen LogP contribution in [0.15, 0.2) is 58.0 Å². The van der Waals surface area contributed by atoms with E-state index in [9.17, 15) is 9.59 Å². The minimum absolute atomic E-state index is 0.0872. The number of furan rings is 1. The third-order valence-corrected chi connectivity index (χ3v) is 5.26. The number of thioether (sulfide) groups is 1. The first-order valence-corrected chi connectivity index (χ1v) is 9.76. The van der Waals surface area contributed by atoms with E-state index < -0.39 is 0 Å². The number of carbonyl (C=O) groups excluding carboxylic acids is 2. The van der Waals surface area contributed by atoms with Gasteiger partial charge >= 0.3 is 6.03 Å². The van der Waals surface area contributed by atoms with Crippen molar-refractivity contribution in [3.05, 3.63) is 54.5 Å². The van der Waals surface area contributed by atoms with E-state index in [2.05, 4.69) is 22.8 Å². The molecule has 2 aromatic rings. The van der Waals surface area contributed by atoms with E-state index in [-0.39, 0.29) is 18.0 Å². The maximum absolute atomic E-state index is 12.2. The summed E-state index contributed by atoms with van der Waals surface area (Å²) >= 11 is 1.72. The molecule has 2 heterocycles. The standard InChI is InChI=1S/C19H23N3O3S/c23-18(17-7-4-13-25-17)22-11-8-15(9-12-22)21-19(24)20-10-14-26-16-5-2-1-3-6-16/h1-7,13,15H,8-12,14H2,(H2,20,21,24). The van der Waals surface area contributed by atoms with Crippen molar-refractivity contribution in [1.29, 1.82) is 0 Å². The number of amides is 3. The van der Waals surface area contributed by atoms with Crippen LogP contribution in [0.1, 0.15) is 23.4 Å². The van der Waals surface area contributed by atoms with Crippen molar-refractivity contribution >= 4 is 23.7 Å². The fourth-order valence-electron chi connectivity index (χ4n) is 2.87. The molecular weight excluding hydrogens is 350 g/mol. The third kappa shape index (κ3) is 5.29. The van der Waals surface area contributed by atoms with Gasteiger partial charge in [0.15, 0.2) is 5.76 Å². The minimum atomic E-state index is -0.144. The van der Waals surface area contributed by atoms with E-state index in [0.29, 0.717) is 25.4 Å². The molecule has 6 nitrogen and oxygen atoms in total. The van der Waals surface area contributed by atoms with Crippen LogP contribution in [0.5, 0.6) is 0 Å². The average molecular weight is 373 g/mol. The molecule has 1 saturated heterocycles. The van der Waals surface area contributed by atoms with Gasteiger partial charge in [-0.3, -0.25) is 4.79 Å². The smallest absolute Gasteiger partial charge is 0.315 e. The number of likely N-dealkylation sites (tertiary alicyclic amines) is 1. The van der Waals surface area contributed by atoms with Crippen molar-refractivity contribution in [3.63, 3.8) is 0 Å². The van der Waals surface area contributed by atoms with Gasteiger partial charge in [-0.1, -0.05) is 18.2 Å². The summed E-state index contributed by atoms with van der Waals surface area (Å²) in [5.41, 5.74) is 0. The predicted octanol–water partition coefficient (Wildman–Crippen LogP) is 2.98. The lowest BCUT2D eigenvalue weighted by atomic mass is 10.1. The maximum atomic E-state index is 12.2. The Morgan fingerprint density at radius 3 is 2.58 bits per heavy atom. The SMILES string of the molecule is O=C(NCCSc1ccccc1)NC1CCN(C(=O)c2ccco2)CC1. The molecule has 1 aliphatic heterocycles. The molecule has 3 rings (SSSR count). The number of rotatable bonds is 6. The van der Waals surface area contributed by atoms with Gasteiger partial charge in [0.2, 0.25) is 0 Å². The zero-order valence-electron chi connectivity index (χ0n) is 14.5. The van der Waals surface area contributed by atoms with Gasteiger partial charge in [0.25, 0.3) is 5.91 Å². The summed E-state index contributed by atoms with van der Waals surface area (Å²) < 4.78 is 5.15. The number of nitrogens with zero attached hydrogens (tertiary/aromatic N) is 1. The summed E-state index contributed by atoms with van der Waals surface area (Å²) in [4.78, 5) is 27.2. The van der Waals surface area contributed by atoms with Gasteiger partial charge in [-0.05, 0) is 37.1 Å². The second-order valence-electron chi connectivity index (χ2n) is 6.11. The largest absolute Gasteiger partial charge is 0.459 e. The normalized spacial score (nSPS) is 14.8. The van der Waals surface area contributed by atoms with E-state index in [4.69, 9.17) is 4.42 Å². The predicted molar refractivity (Wildman–Crippen MR) is 101 cm³/mol. The molecule has 138 valence electrons. The molecule has 2 N–H and O–H groups in total. The van der Waals surface area contributed by atoms with Crippen molar-refractivity contribution in [2.24, 2.45) is 0 Å². The highest BCUT2D eigenvalue weighted by Gasteiger charge is 2.25. The van der Waals surface area contributed by atoms with Gasteiger partial charge in [-0.15, -0.1) is 11.8 Å². The van der Waals surface area contributed by atoms with Crippen LogP contribution in [-0.2, 0) is 0 Å². The van der Waals surface area contributed by atoms with Crippen LogP contribution in [0.25, 0.3) is 0 Å². The molecule has 0 bridgehead atoms. The van der Waals surface area contributed by atoms with Gasteiger partial charge in [-0.2, -0.15) is 0 Å². The molecule has 26 heavy (non-hydrogen) atoms. The van der Waals surface area contributed by atoms with E-state index in [0.717, 1.165) is 18.6 Å². The third-order valence-electron chi connectivity index (χ3n) is 4.25. The highest BCUT2D eigenvalue weighted by molar-refractivity contribution is 7.99. The van der Waals surface area contributed by atoms with Crippen molar-refractivity contribution < 1.29 is 14.0 Å². The Morgan fingerprint density at radius 2 is 1.88 bits per heavy atom. The topological polar surface area (TPSA) is 74.6 Å². The van der Waals surface area contributed by atoms with Crippen molar-refractivity contribution in [2.45, 2.75) is 23.8 Å². The van der Waals surface area contributed by atoms with E-state index in [1.54, 1.807) is 28.8 Å². The van der Waals surface area contributed by atoms with Crippen LogP contribution in [-0.4, -0.2) is 48.3 Å². The average Bonchev–Trinajstić information content (AvgIpc) is 3.21. The Balaban J connectivity index is 1.31. The van der Waals surface area contributed by atoms with Crippen molar-refractivity contribution in [3.8, 4) is 0 Å². The molecule has 0 unspecified atom stereocenters. The van der Waals surface area contributed by atoms with Gasteiger partial charge in [0, 0.05) is 36.3 Å².